The van der Waals surface area contributed by atoms with Gasteiger partial charge in [-0.05, 0) is 42.0 Å². The van der Waals surface area contributed by atoms with E-state index in [-0.39, 0.29) is 10.8 Å². The number of rotatable bonds is 5. The summed E-state index contributed by atoms with van der Waals surface area (Å²) in [6.07, 6.45) is 1.17. The molecule has 2 heterocycles. The Kier molecular flexibility index (Phi) is 6.25. The molecule has 31 heavy (non-hydrogen) atoms. The van der Waals surface area contributed by atoms with Crippen LogP contribution in [-0.4, -0.2) is 62.6 Å². The van der Waals surface area contributed by atoms with Crippen LogP contribution in [0.25, 0.3) is 0 Å². The van der Waals surface area contributed by atoms with E-state index in [0.29, 0.717) is 50.5 Å². The molecule has 0 atom stereocenters. The van der Waals surface area contributed by atoms with Gasteiger partial charge in [0.1, 0.15) is 11.5 Å². The van der Waals surface area contributed by atoms with Crippen LogP contribution >= 0.6 is 11.6 Å². The smallest absolute Gasteiger partial charge is 0.245 e. The molecule has 2 fully saturated rings. The number of ether oxygens (including phenoxy) is 2. The summed E-state index contributed by atoms with van der Waals surface area (Å²) in [7, 11) is -2.12. The molecule has 1 amide bonds. The van der Waals surface area contributed by atoms with Gasteiger partial charge in [0.2, 0.25) is 15.9 Å². The maximum atomic E-state index is 13.2. The first-order valence-corrected chi connectivity index (χ1v) is 12.0. The van der Waals surface area contributed by atoms with E-state index in [1.807, 2.05) is 24.3 Å². The van der Waals surface area contributed by atoms with Gasteiger partial charge < -0.3 is 14.4 Å². The van der Waals surface area contributed by atoms with Gasteiger partial charge in [0.05, 0.1) is 25.0 Å². The Morgan fingerprint density at radius 3 is 2.32 bits per heavy atom. The Balaban J connectivity index is 1.43. The molecule has 7 nitrogen and oxygen atoms in total. The summed E-state index contributed by atoms with van der Waals surface area (Å²) in [5.41, 5.74) is 0.00479. The molecule has 2 saturated heterocycles. The van der Waals surface area contributed by atoms with E-state index in [2.05, 4.69) is 0 Å². The van der Waals surface area contributed by atoms with Gasteiger partial charge in [-0.1, -0.05) is 23.7 Å². The maximum Gasteiger partial charge on any atom is 0.245 e. The van der Waals surface area contributed by atoms with Crippen LogP contribution in [0.5, 0.6) is 5.75 Å². The van der Waals surface area contributed by atoms with Crippen molar-refractivity contribution >= 4 is 27.5 Å². The molecule has 2 aliphatic heterocycles. The number of carbonyl (C=O) groups is 1. The van der Waals surface area contributed by atoms with Crippen LogP contribution in [-0.2, 0) is 26.0 Å². The number of amides is 1. The van der Waals surface area contributed by atoms with Crippen molar-refractivity contribution in [1.29, 1.82) is 0 Å². The third kappa shape index (κ3) is 4.43. The zero-order valence-corrected chi connectivity index (χ0v) is 18.9. The molecule has 166 valence electrons. The van der Waals surface area contributed by atoms with Crippen molar-refractivity contribution in [1.82, 2.24) is 9.21 Å². The minimum absolute atomic E-state index is 0.0186. The van der Waals surface area contributed by atoms with Crippen LogP contribution in [0, 0.1) is 0 Å². The molecule has 0 radical (unpaired) electrons. The fourth-order valence-corrected chi connectivity index (χ4v) is 6.05. The fraction of sp³-hybridized carbons (Fsp3) is 0.409. The van der Waals surface area contributed by atoms with E-state index >= 15 is 0 Å². The van der Waals surface area contributed by atoms with Crippen molar-refractivity contribution in [2.24, 2.45) is 0 Å². The number of halogens is 1. The highest BCUT2D eigenvalue weighted by Crippen LogP contribution is 2.38. The summed E-state index contributed by atoms with van der Waals surface area (Å²) >= 11 is 5.91. The number of likely N-dealkylation sites (tertiary alicyclic amines) is 1. The molecule has 0 aromatic heterocycles. The average molecular weight is 465 g/mol. The predicted octanol–water partition coefficient (Wildman–Crippen LogP) is 2.93. The third-order valence-corrected chi connectivity index (χ3v) is 8.15. The van der Waals surface area contributed by atoms with E-state index in [4.69, 9.17) is 21.1 Å². The highest BCUT2D eigenvalue weighted by molar-refractivity contribution is 7.89. The molecule has 1 spiro atoms. The van der Waals surface area contributed by atoms with Gasteiger partial charge >= 0.3 is 0 Å². The first-order valence-electron chi connectivity index (χ1n) is 10.2. The first kappa shape index (κ1) is 22.1. The van der Waals surface area contributed by atoms with Gasteiger partial charge in [-0.15, -0.1) is 0 Å². The summed E-state index contributed by atoms with van der Waals surface area (Å²) in [6, 6.07) is 13.6. The molecule has 4 rings (SSSR count). The first-order chi connectivity index (χ1) is 14.8. The predicted molar refractivity (Wildman–Crippen MR) is 117 cm³/mol. The maximum absolute atomic E-state index is 13.2. The van der Waals surface area contributed by atoms with Crippen LogP contribution in [0.4, 0.5) is 0 Å². The van der Waals surface area contributed by atoms with Crippen molar-refractivity contribution in [2.45, 2.75) is 29.9 Å². The largest absolute Gasteiger partial charge is 0.497 e. The highest BCUT2D eigenvalue weighted by Gasteiger charge is 2.50. The molecule has 0 unspecified atom stereocenters. The molecular weight excluding hydrogens is 440 g/mol. The monoisotopic (exact) mass is 464 g/mol. The molecule has 0 saturated carbocycles. The lowest BCUT2D eigenvalue weighted by Crippen LogP contribution is -2.55. The van der Waals surface area contributed by atoms with Gasteiger partial charge in [-0.25, -0.2) is 8.42 Å². The van der Waals surface area contributed by atoms with Crippen LogP contribution < -0.4 is 4.74 Å². The summed E-state index contributed by atoms with van der Waals surface area (Å²) in [6.45, 7) is 1.53. The van der Waals surface area contributed by atoms with Gasteiger partial charge in [0.25, 0.3) is 0 Å². The zero-order chi connectivity index (χ0) is 22.1. The molecule has 2 aromatic carbocycles. The standard InChI is InChI=1S/C22H25ClN2O5S/c1-29-19-6-2-17(3-7-19)16-21(26)24-12-10-22(11-13-24)25(14-15-30-22)31(27,28)20-8-4-18(23)5-9-20/h2-9H,10-16H2,1H3. The minimum Gasteiger partial charge on any atom is -0.497 e. The number of sulfonamides is 1. The zero-order valence-electron chi connectivity index (χ0n) is 17.3. The SMILES string of the molecule is COc1ccc(CC(=O)N2CCC3(CC2)OCCN3S(=O)(=O)c2ccc(Cl)cc2)cc1. The Bertz CT molecular complexity index is 1030. The van der Waals surface area contributed by atoms with Crippen molar-refractivity contribution in [3.63, 3.8) is 0 Å². The van der Waals surface area contributed by atoms with Gasteiger partial charge in [0.15, 0.2) is 0 Å². The molecule has 0 N–H and O–H groups in total. The second kappa shape index (κ2) is 8.78. The van der Waals surface area contributed by atoms with E-state index in [1.54, 1.807) is 24.1 Å². The number of piperidine rings is 1. The number of methoxy groups -OCH3 is 1. The Morgan fingerprint density at radius 1 is 1.06 bits per heavy atom. The van der Waals surface area contributed by atoms with Crippen LogP contribution in [0.1, 0.15) is 18.4 Å². The lowest BCUT2D eigenvalue weighted by Gasteiger charge is -2.42. The average Bonchev–Trinajstić information content (AvgIpc) is 3.19. The number of benzene rings is 2. The van der Waals surface area contributed by atoms with Gasteiger partial charge in [-0.2, -0.15) is 4.31 Å². The Hall–Kier alpha value is -2.13. The van der Waals surface area contributed by atoms with Crippen LogP contribution in [0.3, 0.4) is 0 Å². The number of carbonyl (C=O) groups excluding carboxylic acids is 1. The summed E-state index contributed by atoms with van der Waals surface area (Å²) in [5, 5.41) is 0.481. The van der Waals surface area contributed by atoms with E-state index < -0.39 is 15.7 Å². The second-order valence-corrected chi connectivity index (χ2v) is 10.0. The van der Waals surface area contributed by atoms with Crippen LogP contribution in [0.15, 0.2) is 53.4 Å². The van der Waals surface area contributed by atoms with Crippen LogP contribution in [0.2, 0.25) is 5.02 Å². The van der Waals surface area contributed by atoms with Crippen molar-refractivity contribution < 1.29 is 22.7 Å². The van der Waals surface area contributed by atoms with E-state index in [0.717, 1.165) is 11.3 Å². The quantitative estimate of drug-likeness (QED) is 0.680. The van der Waals surface area contributed by atoms with Gasteiger partial charge in [-0.3, -0.25) is 4.79 Å². The number of nitrogens with zero attached hydrogens (tertiary/aromatic N) is 2. The summed E-state index contributed by atoms with van der Waals surface area (Å²) < 4.78 is 39.0. The third-order valence-electron chi connectivity index (χ3n) is 5.93. The normalized spacial score (nSPS) is 19.0. The van der Waals surface area contributed by atoms with Crippen molar-refractivity contribution in [2.75, 3.05) is 33.4 Å². The Labute approximate surface area is 187 Å². The second-order valence-electron chi connectivity index (χ2n) is 7.73. The van der Waals surface area contributed by atoms with Gasteiger partial charge in [0, 0.05) is 37.5 Å². The van der Waals surface area contributed by atoms with E-state index in [9.17, 15) is 13.2 Å². The van der Waals surface area contributed by atoms with Crippen molar-refractivity contribution in [3.8, 4) is 5.75 Å². The molecule has 2 aliphatic rings. The van der Waals surface area contributed by atoms with Crippen molar-refractivity contribution in [3.05, 3.63) is 59.1 Å². The molecular formula is C22H25ClN2O5S. The molecule has 0 aliphatic carbocycles. The fourth-order valence-electron chi connectivity index (χ4n) is 4.20. The molecule has 9 heteroatoms. The lowest BCUT2D eigenvalue weighted by molar-refractivity contribution is -0.139. The van der Waals surface area contributed by atoms with E-state index in [1.165, 1.54) is 16.4 Å². The topological polar surface area (TPSA) is 76.2 Å². The molecule has 0 bridgehead atoms. The molecule has 2 aromatic rings. The number of hydrogen-bond donors (Lipinski definition) is 0. The summed E-state index contributed by atoms with van der Waals surface area (Å²) in [4.78, 5) is 14.7. The lowest BCUT2D eigenvalue weighted by atomic mass is 10.00. The highest BCUT2D eigenvalue weighted by atomic mass is 35.5. The minimum atomic E-state index is -3.72. The Morgan fingerprint density at radius 2 is 1.71 bits per heavy atom. The summed E-state index contributed by atoms with van der Waals surface area (Å²) in [5.74, 6) is 0.765. The number of hydrogen-bond acceptors (Lipinski definition) is 5.